The Hall–Kier alpha value is -3.41. The molecule has 0 N–H and O–H groups in total. The Morgan fingerprint density at radius 1 is 0.897 bits per heavy atom. The molecule has 0 bridgehead atoms. The Bertz CT molecular complexity index is 1320. The molecule has 1 aliphatic carbocycles. The van der Waals surface area contributed by atoms with Gasteiger partial charge in [0.1, 0.15) is 0 Å². The number of para-hydroxylation sites is 2. The summed E-state index contributed by atoms with van der Waals surface area (Å²) in [6.45, 7) is 4.21. The van der Waals surface area contributed by atoms with E-state index in [9.17, 15) is 9.59 Å². The van der Waals surface area contributed by atoms with Crippen LogP contribution in [0.15, 0.2) is 91.0 Å². The monoisotopic (exact) mass is 541 g/mol. The van der Waals surface area contributed by atoms with Crippen molar-refractivity contribution in [2.45, 2.75) is 31.1 Å². The van der Waals surface area contributed by atoms with Crippen molar-refractivity contribution < 1.29 is 9.59 Å². The molecule has 202 valence electrons. The largest absolute Gasteiger partial charge is 0.312 e. The van der Waals surface area contributed by atoms with Gasteiger partial charge in [0, 0.05) is 36.3 Å². The summed E-state index contributed by atoms with van der Waals surface area (Å²) >= 11 is 0. The Morgan fingerprint density at radius 3 is 2.31 bits per heavy atom. The fourth-order valence-electron chi connectivity index (χ4n) is 6.42. The zero-order chi connectivity index (χ0) is 26.0. The van der Waals surface area contributed by atoms with Crippen LogP contribution in [-0.4, -0.2) is 49.4 Å². The minimum atomic E-state index is -0.327. The third kappa shape index (κ3) is 5.52. The minimum Gasteiger partial charge on any atom is -0.312 e. The highest BCUT2D eigenvalue weighted by Crippen LogP contribution is 2.43. The van der Waals surface area contributed by atoms with Crippen molar-refractivity contribution in [1.82, 2.24) is 4.90 Å². The van der Waals surface area contributed by atoms with Gasteiger partial charge in [-0.15, -0.1) is 12.4 Å². The van der Waals surface area contributed by atoms with E-state index in [-0.39, 0.29) is 42.0 Å². The van der Waals surface area contributed by atoms with Crippen LogP contribution in [0.25, 0.3) is 6.08 Å². The smallest absolute Gasteiger partial charge is 0.232 e. The third-order valence-corrected chi connectivity index (χ3v) is 8.56. The number of allylic oxidation sites excluding steroid dienone is 1. The number of hydrogen-bond donors (Lipinski definition) is 0. The SMILES string of the molecule is Cl.O=C1CC(C(=O)N(CCCN2CCC3(C=Cc4ccccc43)CC2)c2ccccc2)CN1c1ccccc1. The maximum atomic E-state index is 13.8. The van der Waals surface area contributed by atoms with Crippen molar-refractivity contribution in [2.24, 2.45) is 5.92 Å². The number of fused-ring (bicyclic) bond motifs is 2. The number of hydrogen-bond acceptors (Lipinski definition) is 3. The Kier molecular flexibility index (Phi) is 8.20. The van der Waals surface area contributed by atoms with Crippen LogP contribution in [0.2, 0.25) is 0 Å². The summed E-state index contributed by atoms with van der Waals surface area (Å²) in [5, 5.41) is 0. The van der Waals surface area contributed by atoms with Crippen molar-refractivity contribution in [3.8, 4) is 0 Å². The Balaban J connectivity index is 0.00000308. The molecule has 1 unspecified atom stereocenters. The van der Waals surface area contributed by atoms with Gasteiger partial charge in [0.2, 0.25) is 11.8 Å². The van der Waals surface area contributed by atoms with E-state index in [4.69, 9.17) is 0 Å². The number of likely N-dealkylation sites (tertiary alicyclic amines) is 1. The van der Waals surface area contributed by atoms with Crippen molar-refractivity contribution in [2.75, 3.05) is 42.5 Å². The molecule has 3 aromatic carbocycles. The van der Waals surface area contributed by atoms with Gasteiger partial charge in [-0.1, -0.05) is 72.8 Å². The molecule has 2 fully saturated rings. The van der Waals surface area contributed by atoms with Crippen LogP contribution >= 0.6 is 12.4 Å². The summed E-state index contributed by atoms with van der Waals surface area (Å²) in [5.74, 6) is -0.257. The second-order valence-corrected chi connectivity index (χ2v) is 10.8. The van der Waals surface area contributed by atoms with Gasteiger partial charge in [0.05, 0.1) is 5.92 Å². The van der Waals surface area contributed by atoms with Crippen LogP contribution in [-0.2, 0) is 15.0 Å². The summed E-state index contributed by atoms with van der Waals surface area (Å²) in [5.41, 5.74) is 4.82. The van der Waals surface area contributed by atoms with E-state index in [0.717, 1.165) is 50.3 Å². The third-order valence-electron chi connectivity index (χ3n) is 8.56. The minimum absolute atomic E-state index is 0. The first-order valence-corrected chi connectivity index (χ1v) is 13.9. The van der Waals surface area contributed by atoms with E-state index in [1.54, 1.807) is 4.90 Å². The van der Waals surface area contributed by atoms with Gasteiger partial charge in [0.25, 0.3) is 0 Å². The number of halogens is 1. The first-order chi connectivity index (χ1) is 18.6. The zero-order valence-electron chi connectivity index (χ0n) is 22.2. The molecule has 3 aliphatic rings. The molecule has 1 atom stereocenters. The lowest BCUT2D eigenvalue weighted by Gasteiger charge is -2.39. The average Bonchev–Trinajstić information content (AvgIpc) is 3.54. The first-order valence-electron chi connectivity index (χ1n) is 13.9. The molecule has 2 heterocycles. The number of rotatable bonds is 7. The highest BCUT2D eigenvalue weighted by atomic mass is 35.5. The molecule has 0 aromatic heterocycles. The number of nitrogens with zero attached hydrogens (tertiary/aromatic N) is 3. The second kappa shape index (κ2) is 11.8. The van der Waals surface area contributed by atoms with Gasteiger partial charge in [-0.2, -0.15) is 0 Å². The van der Waals surface area contributed by atoms with E-state index in [1.165, 1.54) is 11.1 Å². The van der Waals surface area contributed by atoms with Gasteiger partial charge < -0.3 is 14.7 Å². The lowest BCUT2D eigenvalue weighted by Crippen LogP contribution is -2.43. The summed E-state index contributed by atoms with van der Waals surface area (Å²) in [7, 11) is 0. The van der Waals surface area contributed by atoms with Gasteiger partial charge in [-0.3, -0.25) is 9.59 Å². The van der Waals surface area contributed by atoms with Crippen molar-refractivity contribution in [3.05, 3.63) is 102 Å². The molecule has 3 aromatic rings. The van der Waals surface area contributed by atoms with Crippen LogP contribution < -0.4 is 9.80 Å². The molecule has 39 heavy (non-hydrogen) atoms. The summed E-state index contributed by atoms with van der Waals surface area (Å²) in [4.78, 5) is 32.8. The maximum Gasteiger partial charge on any atom is 0.232 e. The normalized spacial score (nSPS) is 19.6. The number of piperidine rings is 1. The number of carbonyl (C=O) groups is 2. The molecule has 6 rings (SSSR count). The summed E-state index contributed by atoms with van der Waals surface area (Å²) in [6.07, 6.45) is 8.17. The van der Waals surface area contributed by atoms with Crippen LogP contribution in [0.1, 0.15) is 36.8 Å². The van der Waals surface area contributed by atoms with E-state index in [2.05, 4.69) is 41.3 Å². The molecular formula is C33H36ClN3O2. The summed E-state index contributed by atoms with van der Waals surface area (Å²) in [6, 6.07) is 28.4. The fourth-order valence-corrected chi connectivity index (χ4v) is 6.42. The highest BCUT2D eigenvalue weighted by molar-refractivity contribution is 6.04. The van der Waals surface area contributed by atoms with Crippen LogP contribution in [0.5, 0.6) is 0 Å². The van der Waals surface area contributed by atoms with Crippen LogP contribution in [0.4, 0.5) is 11.4 Å². The Labute approximate surface area is 237 Å². The van der Waals surface area contributed by atoms with Crippen molar-refractivity contribution in [1.29, 1.82) is 0 Å². The van der Waals surface area contributed by atoms with E-state index < -0.39 is 0 Å². The number of amides is 2. The lowest BCUT2D eigenvalue weighted by molar-refractivity contribution is -0.124. The standard InChI is InChI=1S/C33H35N3O2.ClH/c37-31-24-27(25-36(31)29-13-5-2-6-14-29)32(38)35(28-11-3-1-4-12-28)21-9-20-34-22-18-33(19-23-34)17-16-26-10-7-8-15-30(26)33;/h1-8,10-17,27H,9,18-25H2;1H. The van der Waals surface area contributed by atoms with Gasteiger partial charge >= 0.3 is 0 Å². The van der Waals surface area contributed by atoms with E-state index in [1.807, 2.05) is 65.6 Å². The molecule has 0 radical (unpaired) electrons. The number of carbonyl (C=O) groups excluding carboxylic acids is 2. The van der Waals surface area contributed by atoms with Gasteiger partial charge in [0.15, 0.2) is 0 Å². The number of anilines is 2. The fraction of sp³-hybridized carbons (Fsp3) is 0.333. The lowest BCUT2D eigenvalue weighted by atomic mass is 9.74. The summed E-state index contributed by atoms with van der Waals surface area (Å²) < 4.78 is 0. The molecule has 6 heteroatoms. The van der Waals surface area contributed by atoms with E-state index in [0.29, 0.717) is 13.1 Å². The molecule has 1 spiro atoms. The molecule has 0 saturated carbocycles. The zero-order valence-corrected chi connectivity index (χ0v) is 23.1. The predicted octanol–water partition coefficient (Wildman–Crippen LogP) is 5.95. The van der Waals surface area contributed by atoms with Crippen LogP contribution in [0.3, 0.4) is 0 Å². The van der Waals surface area contributed by atoms with E-state index >= 15 is 0 Å². The van der Waals surface area contributed by atoms with Crippen molar-refractivity contribution >= 4 is 41.7 Å². The maximum absolute atomic E-state index is 13.8. The highest BCUT2D eigenvalue weighted by Gasteiger charge is 2.39. The molecule has 5 nitrogen and oxygen atoms in total. The number of benzene rings is 3. The van der Waals surface area contributed by atoms with Crippen molar-refractivity contribution in [3.63, 3.8) is 0 Å². The average molecular weight is 542 g/mol. The molecule has 2 aliphatic heterocycles. The molecule has 2 saturated heterocycles. The molecular weight excluding hydrogens is 506 g/mol. The second-order valence-electron chi connectivity index (χ2n) is 10.8. The van der Waals surface area contributed by atoms with Crippen LogP contribution in [0, 0.1) is 5.92 Å². The quantitative estimate of drug-likeness (QED) is 0.371. The first kappa shape index (κ1) is 27.2. The molecule has 2 amide bonds. The van der Waals surface area contributed by atoms with Gasteiger partial charge in [-0.25, -0.2) is 0 Å². The van der Waals surface area contributed by atoms with Gasteiger partial charge in [-0.05, 0) is 74.3 Å². The topological polar surface area (TPSA) is 43.9 Å². The predicted molar refractivity (Wildman–Crippen MR) is 160 cm³/mol. The Morgan fingerprint density at radius 2 is 1.56 bits per heavy atom.